The molecule has 0 bridgehead atoms. The third kappa shape index (κ3) is 3.47. The van der Waals surface area contributed by atoms with Gasteiger partial charge in [-0.2, -0.15) is 0 Å². The average Bonchev–Trinajstić information content (AvgIpc) is 2.78. The second-order valence-corrected chi connectivity index (χ2v) is 4.39. The van der Waals surface area contributed by atoms with E-state index < -0.39 is 6.09 Å². The topological polar surface area (TPSA) is 55.8 Å². The Bertz CT molecular complexity index is 446. The predicted molar refractivity (Wildman–Crippen MR) is 68.4 cm³/mol. The molecule has 1 aliphatic rings. The van der Waals surface area contributed by atoms with Crippen LogP contribution in [0.3, 0.4) is 0 Å². The van der Waals surface area contributed by atoms with Gasteiger partial charge in [0.25, 0.3) is 0 Å². The van der Waals surface area contributed by atoms with Crippen molar-refractivity contribution >= 4 is 12.1 Å². The molecule has 1 unspecified atom stereocenters. The van der Waals surface area contributed by atoms with Gasteiger partial charge in [0.05, 0.1) is 6.04 Å². The normalized spacial score (nSPS) is 18.3. The number of carbonyl (C=O) groups is 2. The number of rotatable bonds is 5. The molecule has 1 heterocycles. The Morgan fingerprint density at radius 2 is 2.16 bits per heavy atom. The smallest absolute Gasteiger partial charge is 0.412 e. The van der Waals surface area contributed by atoms with Gasteiger partial charge in [0.1, 0.15) is 6.61 Å². The molecule has 1 aromatic carbocycles. The van der Waals surface area contributed by atoms with E-state index in [0.29, 0.717) is 19.4 Å². The minimum Gasteiger partial charge on any atom is -0.447 e. The van der Waals surface area contributed by atoms with Crippen LogP contribution in [0.15, 0.2) is 30.3 Å². The van der Waals surface area contributed by atoms with E-state index in [1.165, 1.54) is 4.90 Å². The number of carbonyl (C=O) groups excluding carboxylic acids is 2. The van der Waals surface area contributed by atoms with Crippen LogP contribution in [0, 0.1) is 0 Å². The summed E-state index contributed by atoms with van der Waals surface area (Å²) in [6.45, 7) is 2.01. The summed E-state index contributed by atoms with van der Waals surface area (Å²) >= 11 is 0. The van der Waals surface area contributed by atoms with Crippen molar-refractivity contribution in [2.75, 3.05) is 13.3 Å². The van der Waals surface area contributed by atoms with Crippen LogP contribution >= 0.6 is 0 Å². The monoisotopic (exact) mass is 263 g/mol. The molecule has 102 valence electrons. The Labute approximate surface area is 112 Å². The van der Waals surface area contributed by atoms with Crippen molar-refractivity contribution < 1.29 is 19.1 Å². The van der Waals surface area contributed by atoms with E-state index >= 15 is 0 Å². The van der Waals surface area contributed by atoms with Gasteiger partial charge in [0.15, 0.2) is 6.73 Å². The van der Waals surface area contributed by atoms with E-state index in [4.69, 9.17) is 9.47 Å². The minimum absolute atomic E-state index is 0.0387. The van der Waals surface area contributed by atoms with E-state index in [2.05, 4.69) is 0 Å². The van der Waals surface area contributed by atoms with E-state index in [0.717, 1.165) is 5.56 Å². The first-order chi connectivity index (χ1) is 9.20. The van der Waals surface area contributed by atoms with Crippen LogP contribution in [0.25, 0.3) is 0 Å². The first-order valence-electron chi connectivity index (χ1n) is 6.33. The number of nitrogens with zero attached hydrogens (tertiary/aromatic N) is 1. The van der Waals surface area contributed by atoms with Crippen molar-refractivity contribution in [2.45, 2.75) is 25.8 Å². The van der Waals surface area contributed by atoms with E-state index in [9.17, 15) is 9.59 Å². The number of hydrogen-bond donors (Lipinski definition) is 0. The van der Waals surface area contributed by atoms with Crippen molar-refractivity contribution in [1.82, 2.24) is 4.90 Å². The Morgan fingerprint density at radius 3 is 2.84 bits per heavy atom. The Kier molecular flexibility index (Phi) is 4.39. The maximum atomic E-state index is 11.6. The third-order valence-corrected chi connectivity index (χ3v) is 3.04. The maximum Gasteiger partial charge on any atom is 0.412 e. The van der Waals surface area contributed by atoms with Crippen LogP contribution in [0.4, 0.5) is 4.79 Å². The lowest BCUT2D eigenvalue weighted by Gasteiger charge is -2.20. The maximum absolute atomic E-state index is 11.6. The van der Waals surface area contributed by atoms with Crippen molar-refractivity contribution in [1.29, 1.82) is 0 Å². The average molecular weight is 263 g/mol. The van der Waals surface area contributed by atoms with Gasteiger partial charge in [-0.25, -0.2) is 4.79 Å². The molecule has 0 radical (unpaired) electrons. The van der Waals surface area contributed by atoms with Crippen molar-refractivity contribution in [3.63, 3.8) is 0 Å². The lowest BCUT2D eigenvalue weighted by atomic mass is 10.1. The number of ether oxygens (including phenoxy) is 2. The first-order valence-corrected chi connectivity index (χ1v) is 6.33. The molecule has 1 aromatic rings. The summed E-state index contributed by atoms with van der Waals surface area (Å²) in [5, 5.41) is 0. The molecule has 1 saturated heterocycles. The fourth-order valence-corrected chi connectivity index (χ4v) is 1.95. The van der Waals surface area contributed by atoms with Gasteiger partial charge < -0.3 is 9.47 Å². The molecule has 1 aliphatic heterocycles. The van der Waals surface area contributed by atoms with E-state index in [-0.39, 0.29) is 18.7 Å². The van der Waals surface area contributed by atoms with Gasteiger partial charge in [-0.3, -0.25) is 9.69 Å². The Balaban J connectivity index is 1.95. The summed E-state index contributed by atoms with van der Waals surface area (Å²) in [4.78, 5) is 24.2. The molecule has 0 aliphatic carbocycles. The van der Waals surface area contributed by atoms with Crippen molar-refractivity contribution in [3.8, 4) is 0 Å². The van der Waals surface area contributed by atoms with Crippen LogP contribution in [-0.2, 0) is 20.7 Å². The second kappa shape index (κ2) is 6.22. The fourth-order valence-electron chi connectivity index (χ4n) is 1.95. The molecule has 5 nitrogen and oxygen atoms in total. The highest BCUT2D eigenvalue weighted by molar-refractivity contribution is 5.71. The van der Waals surface area contributed by atoms with Gasteiger partial charge in [-0.15, -0.1) is 0 Å². The summed E-state index contributed by atoms with van der Waals surface area (Å²) in [7, 11) is 0. The molecule has 1 fully saturated rings. The third-order valence-electron chi connectivity index (χ3n) is 3.04. The quantitative estimate of drug-likeness (QED) is 0.762. The summed E-state index contributed by atoms with van der Waals surface area (Å²) in [6.07, 6.45) is 0.563. The van der Waals surface area contributed by atoms with Gasteiger partial charge in [-0.05, 0) is 12.0 Å². The summed E-state index contributed by atoms with van der Waals surface area (Å²) in [5.74, 6) is -0.321. The van der Waals surface area contributed by atoms with Crippen LogP contribution in [0.1, 0.15) is 18.9 Å². The van der Waals surface area contributed by atoms with Gasteiger partial charge in [0.2, 0.25) is 0 Å². The lowest BCUT2D eigenvalue weighted by Crippen LogP contribution is -2.37. The highest BCUT2D eigenvalue weighted by Gasteiger charge is 2.33. The Hall–Kier alpha value is -2.04. The van der Waals surface area contributed by atoms with Gasteiger partial charge in [0, 0.05) is 6.42 Å². The van der Waals surface area contributed by atoms with Crippen molar-refractivity contribution in [3.05, 3.63) is 35.9 Å². The first kappa shape index (κ1) is 13.4. The molecule has 19 heavy (non-hydrogen) atoms. The number of amides is 1. The molecular weight excluding hydrogens is 246 g/mol. The zero-order valence-corrected chi connectivity index (χ0v) is 10.9. The lowest BCUT2D eigenvalue weighted by molar-refractivity contribution is -0.147. The number of esters is 1. The molecule has 0 N–H and O–H groups in total. The summed E-state index contributed by atoms with van der Waals surface area (Å²) < 4.78 is 10.0. The zero-order chi connectivity index (χ0) is 13.7. The number of cyclic esters (lactones) is 1. The van der Waals surface area contributed by atoms with Gasteiger partial charge >= 0.3 is 12.1 Å². The molecule has 0 spiro atoms. The predicted octanol–water partition coefficient (Wildman–Crippen LogP) is 1.96. The van der Waals surface area contributed by atoms with Crippen molar-refractivity contribution in [2.24, 2.45) is 0 Å². The van der Waals surface area contributed by atoms with E-state index in [1.807, 2.05) is 30.3 Å². The molecule has 0 aromatic heterocycles. The molecule has 2 rings (SSSR count). The largest absolute Gasteiger partial charge is 0.447 e. The Morgan fingerprint density at radius 1 is 1.42 bits per heavy atom. The van der Waals surface area contributed by atoms with Crippen LogP contribution in [0.2, 0.25) is 0 Å². The highest BCUT2D eigenvalue weighted by Crippen LogP contribution is 2.17. The highest BCUT2D eigenvalue weighted by atomic mass is 16.6. The minimum atomic E-state index is -0.426. The fraction of sp³-hybridized carbons (Fsp3) is 0.429. The number of hydrogen-bond acceptors (Lipinski definition) is 4. The van der Waals surface area contributed by atoms with Gasteiger partial charge in [-0.1, -0.05) is 37.3 Å². The van der Waals surface area contributed by atoms with Crippen LogP contribution in [-0.4, -0.2) is 36.3 Å². The molecule has 5 heteroatoms. The summed E-state index contributed by atoms with van der Waals surface area (Å²) in [6, 6.07) is 9.76. The zero-order valence-electron chi connectivity index (χ0n) is 10.9. The SMILES string of the molecule is CCC(=O)OCN1C(=O)OCC1Cc1ccccc1. The summed E-state index contributed by atoms with van der Waals surface area (Å²) in [5.41, 5.74) is 1.12. The number of benzene rings is 1. The molecule has 1 amide bonds. The molecule has 0 saturated carbocycles. The standard InChI is InChI=1S/C14H17NO4/c1-2-13(16)19-10-15-12(9-18-14(15)17)8-11-6-4-3-5-7-11/h3-7,12H,2,8-10H2,1H3. The second-order valence-electron chi connectivity index (χ2n) is 4.39. The van der Waals surface area contributed by atoms with Crippen LogP contribution in [0.5, 0.6) is 0 Å². The molecular formula is C14H17NO4. The molecule has 1 atom stereocenters. The van der Waals surface area contributed by atoms with Crippen LogP contribution < -0.4 is 0 Å². The van der Waals surface area contributed by atoms with E-state index in [1.54, 1.807) is 6.92 Å².